The molecule has 4 unspecified atom stereocenters. The maximum atomic E-state index is 12.4. The molecule has 0 bridgehead atoms. The monoisotopic (exact) mass is 378 g/mol. The van der Waals surface area contributed by atoms with Gasteiger partial charge in [-0.3, -0.25) is 9.59 Å². The van der Waals surface area contributed by atoms with Gasteiger partial charge >= 0.3 is 5.97 Å². The Morgan fingerprint density at radius 1 is 1.31 bits per heavy atom. The third-order valence-corrected chi connectivity index (χ3v) is 5.68. The quantitative estimate of drug-likeness (QED) is 0.733. The molecule has 0 radical (unpaired) electrons. The van der Waals surface area contributed by atoms with Crippen LogP contribution in [0, 0.1) is 11.8 Å². The van der Waals surface area contributed by atoms with Crippen molar-refractivity contribution in [3.63, 3.8) is 0 Å². The van der Waals surface area contributed by atoms with Crippen LogP contribution in [-0.2, 0) is 9.59 Å². The number of hydrogen-bond donors (Lipinski definition) is 3. The Labute approximate surface area is 157 Å². The lowest BCUT2D eigenvalue weighted by molar-refractivity contribution is -0.140. The lowest BCUT2D eigenvalue weighted by Crippen LogP contribution is -2.52. The SMILES string of the molecule is O=C1CC(CC(NC(=O)c2cccc(Cl)c2)C(=O)O)C2CCCCC2N1. The van der Waals surface area contributed by atoms with E-state index in [9.17, 15) is 19.5 Å². The first kappa shape index (κ1) is 18.7. The van der Waals surface area contributed by atoms with Crippen molar-refractivity contribution in [3.05, 3.63) is 34.9 Å². The highest BCUT2D eigenvalue weighted by Crippen LogP contribution is 2.37. The molecule has 26 heavy (non-hydrogen) atoms. The standard InChI is InChI=1S/C19H23ClN2O4/c20-13-5-3-4-11(8-13)18(24)22-16(19(25)26)9-12-10-17(23)21-15-7-2-1-6-14(12)15/h3-5,8,12,14-16H,1-2,6-7,9-10H2,(H,21,23)(H,22,24)(H,25,26). The number of carboxylic acid groups (broad SMARTS) is 1. The van der Waals surface area contributed by atoms with Gasteiger partial charge in [-0.15, -0.1) is 0 Å². The average Bonchev–Trinajstić information content (AvgIpc) is 2.60. The molecule has 6 nitrogen and oxygen atoms in total. The van der Waals surface area contributed by atoms with E-state index in [2.05, 4.69) is 10.6 Å². The van der Waals surface area contributed by atoms with Crippen LogP contribution in [0.3, 0.4) is 0 Å². The van der Waals surface area contributed by atoms with Gasteiger partial charge in [0.1, 0.15) is 6.04 Å². The third kappa shape index (κ3) is 4.36. The predicted molar refractivity (Wildman–Crippen MR) is 97.0 cm³/mol. The minimum Gasteiger partial charge on any atom is -0.480 e. The molecule has 2 amide bonds. The van der Waals surface area contributed by atoms with Crippen molar-refractivity contribution in [2.75, 3.05) is 0 Å². The summed E-state index contributed by atoms with van der Waals surface area (Å²) in [6.45, 7) is 0. The van der Waals surface area contributed by atoms with Crippen molar-refractivity contribution >= 4 is 29.4 Å². The first-order chi connectivity index (χ1) is 12.4. The zero-order valence-corrected chi connectivity index (χ0v) is 15.2. The van der Waals surface area contributed by atoms with Crippen molar-refractivity contribution in [2.45, 2.75) is 50.6 Å². The number of halogens is 1. The Bertz CT molecular complexity index is 709. The van der Waals surface area contributed by atoms with Gasteiger partial charge in [-0.1, -0.05) is 30.5 Å². The van der Waals surface area contributed by atoms with Crippen molar-refractivity contribution < 1.29 is 19.5 Å². The normalized spacial score (nSPS) is 26.3. The molecule has 2 fully saturated rings. The summed E-state index contributed by atoms with van der Waals surface area (Å²) in [5.74, 6) is -1.33. The number of rotatable bonds is 5. The Morgan fingerprint density at radius 2 is 2.08 bits per heavy atom. The van der Waals surface area contributed by atoms with E-state index in [-0.39, 0.29) is 30.2 Å². The largest absolute Gasteiger partial charge is 0.480 e. The number of carbonyl (C=O) groups excluding carboxylic acids is 2. The molecule has 140 valence electrons. The lowest BCUT2D eigenvalue weighted by atomic mass is 9.70. The van der Waals surface area contributed by atoms with Crippen LogP contribution in [0.2, 0.25) is 5.02 Å². The summed E-state index contributed by atoms with van der Waals surface area (Å²) in [6.07, 6.45) is 4.69. The van der Waals surface area contributed by atoms with Gasteiger partial charge in [0, 0.05) is 23.0 Å². The van der Waals surface area contributed by atoms with Crippen LogP contribution in [0.25, 0.3) is 0 Å². The molecule has 1 aromatic rings. The van der Waals surface area contributed by atoms with Gasteiger partial charge in [-0.05, 0) is 49.3 Å². The summed E-state index contributed by atoms with van der Waals surface area (Å²) < 4.78 is 0. The van der Waals surface area contributed by atoms with Crippen molar-refractivity contribution in [1.29, 1.82) is 0 Å². The summed E-state index contributed by atoms with van der Waals surface area (Å²) >= 11 is 5.90. The first-order valence-corrected chi connectivity index (χ1v) is 9.40. The second kappa shape index (κ2) is 8.08. The molecule has 0 aromatic heterocycles. The number of piperidine rings is 1. The third-order valence-electron chi connectivity index (χ3n) is 5.45. The molecule has 1 aromatic carbocycles. The lowest BCUT2D eigenvalue weighted by Gasteiger charge is -2.42. The molecule has 1 aliphatic carbocycles. The molecule has 2 aliphatic rings. The maximum absolute atomic E-state index is 12.4. The molecule has 4 atom stereocenters. The molecule has 1 aliphatic heterocycles. The van der Waals surface area contributed by atoms with E-state index < -0.39 is 17.9 Å². The Hall–Kier alpha value is -2.08. The number of carboxylic acids is 1. The number of hydrogen-bond acceptors (Lipinski definition) is 3. The van der Waals surface area contributed by atoms with Gasteiger partial charge in [0.15, 0.2) is 0 Å². The second-order valence-electron chi connectivity index (χ2n) is 7.20. The molecule has 3 rings (SSSR count). The number of amides is 2. The second-order valence-corrected chi connectivity index (χ2v) is 7.63. The molecule has 1 saturated carbocycles. The number of benzene rings is 1. The molecule has 1 saturated heterocycles. The van der Waals surface area contributed by atoms with Crippen LogP contribution in [0.1, 0.15) is 48.9 Å². The van der Waals surface area contributed by atoms with Crippen LogP contribution in [0.5, 0.6) is 0 Å². The fourth-order valence-corrected chi connectivity index (χ4v) is 4.40. The van der Waals surface area contributed by atoms with E-state index in [4.69, 9.17) is 11.6 Å². The van der Waals surface area contributed by atoms with E-state index >= 15 is 0 Å². The van der Waals surface area contributed by atoms with E-state index in [1.165, 1.54) is 6.07 Å². The van der Waals surface area contributed by atoms with Gasteiger partial charge in [-0.2, -0.15) is 0 Å². The Kier molecular flexibility index (Phi) is 5.81. The topological polar surface area (TPSA) is 95.5 Å². The zero-order chi connectivity index (χ0) is 18.7. The van der Waals surface area contributed by atoms with Gasteiger partial charge in [0.25, 0.3) is 5.91 Å². The Morgan fingerprint density at radius 3 is 2.81 bits per heavy atom. The molecular weight excluding hydrogens is 356 g/mol. The fraction of sp³-hybridized carbons (Fsp3) is 0.526. The van der Waals surface area contributed by atoms with Crippen LogP contribution >= 0.6 is 11.6 Å². The smallest absolute Gasteiger partial charge is 0.326 e. The molecular formula is C19H23ClN2O4. The summed E-state index contributed by atoms with van der Waals surface area (Å²) in [5.41, 5.74) is 0.320. The highest BCUT2D eigenvalue weighted by atomic mass is 35.5. The van der Waals surface area contributed by atoms with Crippen molar-refractivity contribution in [2.24, 2.45) is 11.8 Å². The molecule has 7 heteroatoms. The average molecular weight is 379 g/mol. The van der Waals surface area contributed by atoms with Crippen LogP contribution in [0.4, 0.5) is 0 Å². The van der Waals surface area contributed by atoms with Gasteiger partial charge in [0.05, 0.1) is 0 Å². The summed E-state index contributed by atoms with van der Waals surface area (Å²) in [4.78, 5) is 36.1. The fourth-order valence-electron chi connectivity index (χ4n) is 4.21. The van der Waals surface area contributed by atoms with E-state index in [1.807, 2.05) is 0 Å². The van der Waals surface area contributed by atoms with E-state index in [0.29, 0.717) is 17.0 Å². The van der Waals surface area contributed by atoms with Crippen molar-refractivity contribution in [1.82, 2.24) is 10.6 Å². The molecule has 1 heterocycles. The number of carbonyl (C=O) groups is 3. The highest BCUT2D eigenvalue weighted by molar-refractivity contribution is 6.31. The van der Waals surface area contributed by atoms with E-state index in [1.54, 1.807) is 18.2 Å². The number of nitrogens with one attached hydrogen (secondary N) is 2. The maximum Gasteiger partial charge on any atom is 0.326 e. The Balaban J connectivity index is 1.70. The van der Waals surface area contributed by atoms with Crippen LogP contribution in [0.15, 0.2) is 24.3 Å². The highest BCUT2D eigenvalue weighted by Gasteiger charge is 2.40. The van der Waals surface area contributed by atoms with Crippen LogP contribution < -0.4 is 10.6 Å². The predicted octanol–water partition coefficient (Wildman–Crippen LogP) is 2.61. The zero-order valence-electron chi connectivity index (χ0n) is 14.4. The molecule has 0 spiro atoms. The minimum atomic E-state index is -1.08. The van der Waals surface area contributed by atoms with Gasteiger partial charge in [0.2, 0.25) is 5.91 Å². The van der Waals surface area contributed by atoms with Crippen molar-refractivity contribution in [3.8, 4) is 0 Å². The van der Waals surface area contributed by atoms with Gasteiger partial charge < -0.3 is 15.7 Å². The summed E-state index contributed by atoms with van der Waals surface area (Å²) in [7, 11) is 0. The number of fused-ring (bicyclic) bond motifs is 1. The van der Waals surface area contributed by atoms with Crippen LogP contribution in [-0.4, -0.2) is 35.0 Å². The summed E-state index contributed by atoms with van der Waals surface area (Å²) in [6, 6.07) is 5.49. The number of aliphatic carboxylic acids is 1. The molecule has 3 N–H and O–H groups in total. The minimum absolute atomic E-state index is 0.0246. The van der Waals surface area contributed by atoms with E-state index in [0.717, 1.165) is 25.7 Å². The van der Waals surface area contributed by atoms with Gasteiger partial charge in [-0.25, -0.2) is 4.79 Å². The first-order valence-electron chi connectivity index (χ1n) is 9.02. The summed E-state index contributed by atoms with van der Waals surface area (Å²) in [5, 5.41) is 15.6.